The molecule has 0 unspecified atom stereocenters. The minimum atomic E-state index is -0.182. The Morgan fingerprint density at radius 1 is 1.82 bits per heavy atom. The van der Waals surface area contributed by atoms with E-state index in [1.165, 1.54) is 18.4 Å². The number of nitrogens with zero attached hydrogens (tertiary/aromatic N) is 1. The third kappa shape index (κ3) is 2.67. The van der Waals surface area contributed by atoms with Crippen LogP contribution >= 0.6 is 11.3 Å². The van der Waals surface area contributed by atoms with E-state index in [0.29, 0.717) is 12.8 Å². The summed E-state index contributed by atoms with van der Waals surface area (Å²) in [6.07, 6.45) is 1.09. The van der Waals surface area contributed by atoms with Gasteiger partial charge in [0.1, 0.15) is 0 Å². The summed E-state index contributed by atoms with van der Waals surface area (Å²) in [5, 5.41) is 1.93. The first kappa shape index (κ1) is 8.20. The van der Waals surface area contributed by atoms with Crippen molar-refractivity contribution in [1.82, 2.24) is 4.98 Å². The van der Waals surface area contributed by atoms with Crippen molar-refractivity contribution in [3.63, 3.8) is 0 Å². The van der Waals surface area contributed by atoms with Crippen molar-refractivity contribution in [3.8, 4) is 0 Å². The number of rotatable bonds is 3. The third-order valence-electron chi connectivity index (χ3n) is 1.30. The molecule has 3 nitrogen and oxygen atoms in total. The highest BCUT2D eigenvalue weighted by Gasteiger charge is 2.01. The summed E-state index contributed by atoms with van der Waals surface area (Å²) in [5.74, 6) is -0.182. The maximum absolute atomic E-state index is 10.7. The maximum Gasteiger partial charge on any atom is 0.305 e. The minimum absolute atomic E-state index is 0.182. The first-order chi connectivity index (χ1) is 5.33. The van der Waals surface area contributed by atoms with Gasteiger partial charge in [0, 0.05) is 11.8 Å². The zero-order valence-corrected chi connectivity index (χ0v) is 7.06. The van der Waals surface area contributed by atoms with Crippen LogP contribution in [0.5, 0.6) is 0 Å². The lowest BCUT2D eigenvalue weighted by molar-refractivity contribution is -0.140. The summed E-state index contributed by atoms with van der Waals surface area (Å²) in [5.41, 5.74) is 2.72. The van der Waals surface area contributed by atoms with Gasteiger partial charge in [0.05, 0.1) is 24.7 Å². The Labute approximate surface area is 69.0 Å². The molecular weight excluding hydrogens is 162 g/mol. The van der Waals surface area contributed by atoms with E-state index in [9.17, 15) is 4.79 Å². The number of esters is 1. The fourth-order valence-corrected chi connectivity index (χ4v) is 1.29. The van der Waals surface area contributed by atoms with E-state index in [-0.39, 0.29) is 5.97 Å². The lowest BCUT2D eigenvalue weighted by Gasteiger charge is -1.94. The van der Waals surface area contributed by atoms with Crippen LogP contribution in [-0.2, 0) is 16.0 Å². The summed E-state index contributed by atoms with van der Waals surface area (Å²) < 4.78 is 4.49. The second-order valence-electron chi connectivity index (χ2n) is 2.06. The highest BCUT2D eigenvalue weighted by molar-refractivity contribution is 7.07. The quantitative estimate of drug-likeness (QED) is 0.642. The Morgan fingerprint density at radius 3 is 3.18 bits per heavy atom. The maximum atomic E-state index is 10.7. The monoisotopic (exact) mass is 171 g/mol. The predicted molar refractivity (Wildman–Crippen MR) is 42.5 cm³/mol. The Balaban J connectivity index is 2.29. The number of aromatic nitrogens is 1. The first-order valence-electron chi connectivity index (χ1n) is 3.27. The van der Waals surface area contributed by atoms with Gasteiger partial charge in [-0.05, 0) is 0 Å². The number of thiazole rings is 1. The van der Waals surface area contributed by atoms with Crippen LogP contribution < -0.4 is 0 Å². The van der Waals surface area contributed by atoms with Crippen molar-refractivity contribution in [3.05, 3.63) is 16.6 Å². The summed E-state index contributed by atoms with van der Waals surface area (Å²) in [4.78, 5) is 14.7. The standard InChI is InChI=1S/C7H9NO2S/c1-10-7(9)3-2-6-4-11-5-8-6/h4-5H,2-3H2,1H3. The van der Waals surface area contributed by atoms with Crippen LogP contribution in [0.4, 0.5) is 0 Å². The number of aryl methyl sites for hydroxylation is 1. The Kier molecular flexibility index (Phi) is 3.04. The molecule has 1 aromatic heterocycles. The number of carbonyl (C=O) groups excluding carboxylic acids is 1. The lowest BCUT2D eigenvalue weighted by atomic mass is 10.2. The number of methoxy groups -OCH3 is 1. The van der Waals surface area contributed by atoms with E-state index >= 15 is 0 Å². The molecule has 0 fully saturated rings. The molecule has 0 saturated heterocycles. The fraction of sp³-hybridized carbons (Fsp3) is 0.429. The Hall–Kier alpha value is -0.900. The second kappa shape index (κ2) is 4.08. The van der Waals surface area contributed by atoms with Crippen LogP contribution in [0.15, 0.2) is 10.9 Å². The van der Waals surface area contributed by atoms with Crippen molar-refractivity contribution in [1.29, 1.82) is 0 Å². The second-order valence-corrected chi connectivity index (χ2v) is 2.77. The molecule has 60 valence electrons. The first-order valence-corrected chi connectivity index (χ1v) is 4.21. The van der Waals surface area contributed by atoms with E-state index in [0.717, 1.165) is 5.69 Å². The van der Waals surface area contributed by atoms with Gasteiger partial charge in [-0.1, -0.05) is 0 Å². The van der Waals surface area contributed by atoms with Gasteiger partial charge in [0.2, 0.25) is 0 Å². The smallest absolute Gasteiger partial charge is 0.305 e. The molecule has 0 amide bonds. The molecular formula is C7H9NO2S. The Bertz CT molecular complexity index is 220. The molecule has 0 atom stereocenters. The molecule has 1 rings (SSSR count). The van der Waals surface area contributed by atoms with Crippen LogP contribution in [0.1, 0.15) is 12.1 Å². The van der Waals surface area contributed by atoms with Crippen LogP contribution in [0.3, 0.4) is 0 Å². The van der Waals surface area contributed by atoms with Gasteiger partial charge in [-0.2, -0.15) is 0 Å². The molecule has 0 aromatic carbocycles. The van der Waals surface area contributed by atoms with Crippen LogP contribution in [0.2, 0.25) is 0 Å². The molecule has 0 saturated carbocycles. The number of carbonyl (C=O) groups is 1. The van der Waals surface area contributed by atoms with Crippen molar-refractivity contribution in [2.24, 2.45) is 0 Å². The van der Waals surface area contributed by atoms with Gasteiger partial charge in [0.25, 0.3) is 0 Å². The molecule has 1 heterocycles. The SMILES string of the molecule is COC(=O)CCc1cscn1. The molecule has 11 heavy (non-hydrogen) atoms. The van der Waals surface area contributed by atoms with Crippen molar-refractivity contribution >= 4 is 17.3 Å². The molecule has 0 aliphatic heterocycles. The van der Waals surface area contributed by atoms with E-state index in [1.807, 2.05) is 5.38 Å². The Morgan fingerprint density at radius 2 is 2.64 bits per heavy atom. The summed E-state index contributed by atoms with van der Waals surface area (Å²) in [6, 6.07) is 0. The van der Waals surface area contributed by atoms with E-state index < -0.39 is 0 Å². The van der Waals surface area contributed by atoms with Gasteiger partial charge in [-0.25, -0.2) is 4.98 Å². The molecule has 0 bridgehead atoms. The van der Waals surface area contributed by atoms with Crippen LogP contribution in [0.25, 0.3) is 0 Å². The molecule has 0 N–H and O–H groups in total. The molecule has 0 radical (unpaired) electrons. The van der Waals surface area contributed by atoms with Crippen LogP contribution in [-0.4, -0.2) is 18.1 Å². The summed E-state index contributed by atoms with van der Waals surface area (Å²) in [6.45, 7) is 0. The lowest BCUT2D eigenvalue weighted by Crippen LogP contribution is -2.01. The fourth-order valence-electron chi connectivity index (χ4n) is 0.693. The van der Waals surface area contributed by atoms with Gasteiger partial charge in [0.15, 0.2) is 0 Å². The minimum Gasteiger partial charge on any atom is -0.469 e. The average Bonchev–Trinajstić information content (AvgIpc) is 2.52. The van der Waals surface area contributed by atoms with Crippen molar-refractivity contribution in [2.45, 2.75) is 12.8 Å². The normalized spacial score (nSPS) is 9.55. The number of hydrogen-bond donors (Lipinski definition) is 0. The van der Waals surface area contributed by atoms with Gasteiger partial charge < -0.3 is 4.74 Å². The highest BCUT2D eigenvalue weighted by Crippen LogP contribution is 2.03. The third-order valence-corrected chi connectivity index (χ3v) is 1.93. The summed E-state index contributed by atoms with van der Waals surface area (Å²) in [7, 11) is 1.39. The molecule has 0 aliphatic carbocycles. The van der Waals surface area contributed by atoms with E-state index in [4.69, 9.17) is 0 Å². The summed E-state index contributed by atoms with van der Waals surface area (Å²) >= 11 is 1.54. The number of hydrogen-bond acceptors (Lipinski definition) is 4. The van der Waals surface area contributed by atoms with E-state index in [1.54, 1.807) is 5.51 Å². The van der Waals surface area contributed by atoms with Gasteiger partial charge in [-0.15, -0.1) is 11.3 Å². The predicted octanol–water partition coefficient (Wildman–Crippen LogP) is 1.25. The van der Waals surface area contributed by atoms with Gasteiger partial charge >= 0.3 is 5.97 Å². The van der Waals surface area contributed by atoms with Crippen LogP contribution in [0, 0.1) is 0 Å². The largest absolute Gasteiger partial charge is 0.469 e. The zero-order chi connectivity index (χ0) is 8.10. The van der Waals surface area contributed by atoms with Crippen molar-refractivity contribution < 1.29 is 9.53 Å². The van der Waals surface area contributed by atoms with Gasteiger partial charge in [-0.3, -0.25) is 4.79 Å². The zero-order valence-electron chi connectivity index (χ0n) is 6.24. The molecule has 4 heteroatoms. The van der Waals surface area contributed by atoms with E-state index in [2.05, 4.69) is 9.72 Å². The topological polar surface area (TPSA) is 39.2 Å². The molecule has 1 aromatic rings. The molecule has 0 spiro atoms. The average molecular weight is 171 g/mol. The van der Waals surface area contributed by atoms with Crippen molar-refractivity contribution in [2.75, 3.05) is 7.11 Å². The molecule has 0 aliphatic rings. The number of ether oxygens (including phenoxy) is 1. The highest BCUT2D eigenvalue weighted by atomic mass is 32.1.